The highest BCUT2D eigenvalue weighted by molar-refractivity contribution is 6.32. The standard InChI is InChI=1S/C13H18ClN3O2/c1-19-12-3-2-10(6-11(12)14)16-13(18)8-17-5-4-9(15)7-17/h2-3,6,9H,4-5,7-8,15H2,1H3,(H,16,18). The number of likely N-dealkylation sites (tertiary alicyclic amines) is 1. The number of benzene rings is 1. The van der Waals surface area contributed by atoms with Gasteiger partial charge >= 0.3 is 0 Å². The van der Waals surface area contributed by atoms with Gasteiger partial charge < -0.3 is 15.8 Å². The zero-order valence-corrected chi connectivity index (χ0v) is 11.6. The summed E-state index contributed by atoms with van der Waals surface area (Å²) in [4.78, 5) is 13.9. The molecular weight excluding hydrogens is 266 g/mol. The normalized spacial score (nSPS) is 19.4. The first-order valence-corrected chi connectivity index (χ1v) is 6.57. The number of hydrogen-bond donors (Lipinski definition) is 2. The quantitative estimate of drug-likeness (QED) is 0.875. The average Bonchev–Trinajstić information content (AvgIpc) is 2.74. The molecule has 104 valence electrons. The summed E-state index contributed by atoms with van der Waals surface area (Å²) in [5, 5.41) is 3.29. The summed E-state index contributed by atoms with van der Waals surface area (Å²) in [7, 11) is 1.55. The number of halogens is 1. The lowest BCUT2D eigenvalue weighted by Gasteiger charge is -2.15. The van der Waals surface area contributed by atoms with Crippen molar-refractivity contribution in [2.24, 2.45) is 5.73 Å². The summed E-state index contributed by atoms with van der Waals surface area (Å²) < 4.78 is 5.06. The highest BCUT2D eigenvalue weighted by Crippen LogP contribution is 2.27. The van der Waals surface area contributed by atoms with Gasteiger partial charge in [0.25, 0.3) is 0 Å². The van der Waals surface area contributed by atoms with Crippen LogP contribution in [0.3, 0.4) is 0 Å². The molecule has 0 saturated carbocycles. The van der Waals surface area contributed by atoms with Crippen LogP contribution >= 0.6 is 11.6 Å². The number of amides is 1. The second kappa shape index (κ2) is 6.23. The van der Waals surface area contributed by atoms with Gasteiger partial charge in [0.05, 0.1) is 18.7 Å². The van der Waals surface area contributed by atoms with Gasteiger partial charge in [-0.1, -0.05) is 11.6 Å². The van der Waals surface area contributed by atoms with E-state index in [2.05, 4.69) is 5.32 Å². The molecule has 1 amide bonds. The fourth-order valence-electron chi connectivity index (χ4n) is 2.15. The van der Waals surface area contributed by atoms with Crippen molar-refractivity contribution >= 4 is 23.2 Å². The molecule has 1 fully saturated rings. The first-order chi connectivity index (χ1) is 9.08. The van der Waals surface area contributed by atoms with Crippen LogP contribution in [0.4, 0.5) is 5.69 Å². The smallest absolute Gasteiger partial charge is 0.238 e. The van der Waals surface area contributed by atoms with Crippen molar-refractivity contribution in [3.63, 3.8) is 0 Å². The second-order valence-corrected chi connectivity index (χ2v) is 5.09. The Balaban J connectivity index is 1.90. The van der Waals surface area contributed by atoms with Crippen LogP contribution in [0.25, 0.3) is 0 Å². The van der Waals surface area contributed by atoms with E-state index in [0.717, 1.165) is 19.5 Å². The minimum Gasteiger partial charge on any atom is -0.495 e. The number of carbonyl (C=O) groups excluding carboxylic acids is 1. The van der Waals surface area contributed by atoms with Crippen LogP contribution in [0, 0.1) is 0 Å². The zero-order valence-electron chi connectivity index (χ0n) is 10.9. The molecule has 0 aliphatic carbocycles. The van der Waals surface area contributed by atoms with Crippen LogP contribution in [-0.2, 0) is 4.79 Å². The van der Waals surface area contributed by atoms with E-state index in [1.807, 2.05) is 4.90 Å². The number of nitrogens with two attached hydrogens (primary N) is 1. The third-order valence-electron chi connectivity index (χ3n) is 3.11. The van der Waals surface area contributed by atoms with Crippen LogP contribution in [0.15, 0.2) is 18.2 Å². The van der Waals surface area contributed by atoms with Gasteiger partial charge in [0, 0.05) is 24.8 Å². The highest BCUT2D eigenvalue weighted by atomic mass is 35.5. The van der Waals surface area contributed by atoms with Crippen molar-refractivity contribution in [2.45, 2.75) is 12.5 Å². The lowest BCUT2D eigenvalue weighted by Crippen LogP contribution is -2.33. The molecule has 1 aromatic carbocycles. The molecule has 2 rings (SSSR count). The van der Waals surface area contributed by atoms with E-state index in [9.17, 15) is 4.79 Å². The highest BCUT2D eigenvalue weighted by Gasteiger charge is 2.21. The molecule has 0 spiro atoms. The number of ether oxygens (including phenoxy) is 1. The fraction of sp³-hybridized carbons (Fsp3) is 0.462. The molecule has 1 unspecified atom stereocenters. The predicted molar refractivity (Wildman–Crippen MR) is 75.7 cm³/mol. The molecule has 6 heteroatoms. The average molecular weight is 284 g/mol. The molecule has 5 nitrogen and oxygen atoms in total. The molecule has 1 aliphatic rings. The number of rotatable bonds is 4. The molecule has 1 saturated heterocycles. The Hall–Kier alpha value is -1.30. The summed E-state index contributed by atoms with van der Waals surface area (Å²) >= 11 is 6.00. The van der Waals surface area contributed by atoms with Crippen LogP contribution in [-0.4, -0.2) is 43.6 Å². The minimum absolute atomic E-state index is 0.0599. The lowest BCUT2D eigenvalue weighted by molar-refractivity contribution is -0.117. The Kier molecular flexibility index (Phi) is 4.63. The number of nitrogens with one attached hydrogen (secondary N) is 1. The van der Waals surface area contributed by atoms with E-state index in [1.54, 1.807) is 25.3 Å². The Bertz CT molecular complexity index is 467. The Morgan fingerprint density at radius 3 is 3.00 bits per heavy atom. The molecule has 1 aromatic rings. The third-order valence-corrected chi connectivity index (χ3v) is 3.41. The van der Waals surface area contributed by atoms with Gasteiger partial charge in [-0.2, -0.15) is 0 Å². The van der Waals surface area contributed by atoms with Gasteiger partial charge in [-0.15, -0.1) is 0 Å². The van der Waals surface area contributed by atoms with E-state index < -0.39 is 0 Å². The topological polar surface area (TPSA) is 67.6 Å². The molecule has 0 radical (unpaired) electrons. The summed E-state index contributed by atoms with van der Waals surface area (Å²) in [6.45, 7) is 2.01. The summed E-state index contributed by atoms with van der Waals surface area (Å²) in [5.41, 5.74) is 6.47. The third kappa shape index (κ3) is 3.83. The van der Waals surface area contributed by atoms with Crippen molar-refractivity contribution in [3.8, 4) is 5.75 Å². The second-order valence-electron chi connectivity index (χ2n) is 4.68. The van der Waals surface area contributed by atoms with Gasteiger partial charge in [0.2, 0.25) is 5.91 Å². The number of anilines is 1. The molecule has 1 aliphatic heterocycles. The Morgan fingerprint density at radius 2 is 2.42 bits per heavy atom. The number of hydrogen-bond acceptors (Lipinski definition) is 4. The van der Waals surface area contributed by atoms with Crippen LogP contribution in [0.5, 0.6) is 5.75 Å². The van der Waals surface area contributed by atoms with Crippen molar-refractivity contribution in [1.82, 2.24) is 4.90 Å². The van der Waals surface area contributed by atoms with E-state index in [-0.39, 0.29) is 11.9 Å². The van der Waals surface area contributed by atoms with Crippen molar-refractivity contribution in [2.75, 3.05) is 32.1 Å². The van der Waals surface area contributed by atoms with Crippen LogP contribution in [0.1, 0.15) is 6.42 Å². The predicted octanol–water partition coefficient (Wildman–Crippen LogP) is 1.32. The summed E-state index contributed by atoms with van der Waals surface area (Å²) in [6, 6.07) is 5.35. The molecule has 19 heavy (non-hydrogen) atoms. The van der Waals surface area contributed by atoms with Crippen molar-refractivity contribution in [1.29, 1.82) is 0 Å². The van der Waals surface area contributed by atoms with Crippen LogP contribution < -0.4 is 15.8 Å². The monoisotopic (exact) mass is 283 g/mol. The fourth-order valence-corrected chi connectivity index (χ4v) is 2.41. The Morgan fingerprint density at radius 1 is 1.63 bits per heavy atom. The number of carbonyl (C=O) groups is 1. The molecule has 3 N–H and O–H groups in total. The summed E-state index contributed by atoms with van der Waals surface area (Å²) in [5.74, 6) is 0.528. The Labute approximate surface area is 117 Å². The first-order valence-electron chi connectivity index (χ1n) is 6.20. The molecule has 1 atom stereocenters. The maximum atomic E-state index is 11.9. The molecular formula is C13H18ClN3O2. The van der Waals surface area contributed by atoms with Gasteiger partial charge in [-0.25, -0.2) is 0 Å². The van der Waals surface area contributed by atoms with Gasteiger partial charge in [0.1, 0.15) is 5.75 Å². The largest absolute Gasteiger partial charge is 0.495 e. The number of methoxy groups -OCH3 is 1. The van der Waals surface area contributed by atoms with E-state index in [4.69, 9.17) is 22.1 Å². The maximum absolute atomic E-state index is 11.9. The van der Waals surface area contributed by atoms with E-state index >= 15 is 0 Å². The first kappa shape index (κ1) is 14.1. The van der Waals surface area contributed by atoms with Crippen molar-refractivity contribution < 1.29 is 9.53 Å². The van der Waals surface area contributed by atoms with E-state index in [0.29, 0.717) is 23.0 Å². The SMILES string of the molecule is COc1ccc(NC(=O)CN2CCC(N)C2)cc1Cl. The van der Waals surface area contributed by atoms with Gasteiger partial charge in [-0.3, -0.25) is 9.69 Å². The zero-order chi connectivity index (χ0) is 13.8. The number of nitrogens with zero attached hydrogens (tertiary/aromatic N) is 1. The minimum atomic E-state index is -0.0599. The molecule has 1 heterocycles. The lowest BCUT2D eigenvalue weighted by atomic mass is 10.3. The van der Waals surface area contributed by atoms with E-state index in [1.165, 1.54) is 0 Å². The molecule has 0 aromatic heterocycles. The van der Waals surface area contributed by atoms with Crippen molar-refractivity contribution in [3.05, 3.63) is 23.2 Å². The maximum Gasteiger partial charge on any atom is 0.238 e. The van der Waals surface area contributed by atoms with Crippen LogP contribution in [0.2, 0.25) is 5.02 Å². The molecule has 0 bridgehead atoms. The summed E-state index contributed by atoms with van der Waals surface area (Å²) in [6.07, 6.45) is 0.946. The van der Waals surface area contributed by atoms with Gasteiger partial charge in [-0.05, 0) is 24.6 Å². The van der Waals surface area contributed by atoms with Gasteiger partial charge in [0.15, 0.2) is 0 Å².